The van der Waals surface area contributed by atoms with Gasteiger partial charge in [-0.25, -0.2) is 0 Å². The lowest BCUT2D eigenvalue weighted by Gasteiger charge is -2.60. The van der Waals surface area contributed by atoms with Crippen molar-refractivity contribution in [1.29, 1.82) is 0 Å². The molecular weight excluding hydrogens is 452 g/mol. The summed E-state index contributed by atoms with van der Waals surface area (Å²) in [7, 11) is 0. The van der Waals surface area contributed by atoms with Crippen LogP contribution in [0.15, 0.2) is 11.6 Å². The summed E-state index contributed by atoms with van der Waals surface area (Å²) in [4.78, 5) is 13.3. The van der Waals surface area contributed by atoms with E-state index in [-0.39, 0.29) is 31.0 Å². The van der Waals surface area contributed by atoms with Crippen molar-refractivity contribution in [2.75, 3.05) is 0 Å². The lowest BCUT2D eigenvalue weighted by molar-refractivity contribution is -0.194. The van der Waals surface area contributed by atoms with E-state index in [0.717, 1.165) is 0 Å². The molecule has 4 aliphatic carbocycles. The van der Waals surface area contributed by atoms with Gasteiger partial charge >= 0.3 is 0 Å². The molecule has 0 spiro atoms. The van der Waals surface area contributed by atoms with E-state index < -0.39 is 63.9 Å². The molecule has 4 rings (SSSR count). The maximum Gasteiger partial charge on any atom is 0.159 e. The van der Waals surface area contributed by atoms with Crippen LogP contribution < -0.4 is 0 Å². The summed E-state index contributed by atoms with van der Waals surface area (Å²) in [5, 5.41) is 76.1. The zero-order chi connectivity index (χ0) is 26.4. The summed E-state index contributed by atoms with van der Waals surface area (Å²) >= 11 is 0. The third-order valence-electron chi connectivity index (χ3n) is 10.5. The molecule has 0 unspecified atom stereocenters. The average molecular weight is 497 g/mol. The van der Waals surface area contributed by atoms with Crippen molar-refractivity contribution in [2.45, 2.75) is 121 Å². The first-order chi connectivity index (χ1) is 15.9. The average Bonchev–Trinajstić information content (AvgIpc) is 3.00. The Bertz CT molecular complexity index is 892. The van der Waals surface area contributed by atoms with E-state index in [1.54, 1.807) is 6.08 Å². The first-order valence-electron chi connectivity index (χ1n) is 13.0. The minimum Gasteiger partial charge on any atom is -0.390 e. The van der Waals surface area contributed by atoms with Crippen LogP contribution in [-0.4, -0.2) is 82.7 Å². The van der Waals surface area contributed by atoms with Crippen molar-refractivity contribution in [1.82, 2.24) is 0 Å². The van der Waals surface area contributed by atoms with Crippen LogP contribution in [0, 0.1) is 28.6 Å². The highest BCUT2D eigenvalue weighted by atomic mass is 16.4. The summed E-state index contributed by atoms with van der Waals surface area (Å²) < 4.78 is 0. The monoisotopic (exact) mass is 496 g/mol. The Labute approximate surface area is 207 Å². The fourth-order valence-corrected chi connectivity index (χ4v) is 8.53. The molecule has 200 valence electrons. The maximum absolute atomic E-state index is 13.3. The van der Waals surface area contributed by atoms with Crippen molar-refractivity contribution in [3.05, 3.63) is 11.6 Å². The second-order valence-corrected chi connectivity index (χ2v) is 13.3. The first kappa shape index (κ1) is 27.2. The normalized spacial score (nSPS) is 47.1. The van der Waals surface area contributed by atoms with E-state index in [1.165, 1.54) is 20.8 Å². The largest absolute Gasteiger partial charge is 0.390 e. The van der Waals surface area contributed by atoms with Gasteiger partial charge < -0.3 is 35.7 Å². The summed E-state index contributed by atoms with van der Waals surface area (Å²) in [6.07, 6.45) is -0.952. The van der Waals surface area contributed by atoms with Crippen molar-refractivity contribution in [3.8, 4) is 0 Å². The highest BCUT2D eigenvalue weighted by molar-refractivity contribution is 5.95. The van der Waals surface area contributed by atoms with Gasteiger partial charge in [0.1, 0.15) is 6.10 Å². The molecular formula is C27H44O8. The molecule has 4 aliphatic rings. The molecule has 8 heteroatoms. The van der Waals surface area contributed by atoms with Gasteiger partial charge in [0, 0.05) is 17.8 Å². The zero-order valence-corrected chi connectivity index (χ0v) is 21.6. The lowest BCUT2D eigenvalue weighted by atomic mass is 9.45. The lowest BCUT2D eigenvalue weighted by Crippen LogP contribution is -2.63. The molecule has 7 N–H and O–H groups in total. The molecule has 0 aliphatic heterocycles. The summed E-state index contributed by atoms with van der Waals surface area (Å²) in [6, 6.07) is 0. The Hall–Kier alpha value is -0.870. The van der Waals surface area contributed by atoms with Crippen molar-refractivity contribution in [3.63, 3.8) is 0 Å². The van der Waals surface area contributed by atoms with E-state index in [1.807, 2.05) is 13.8 Å². The molecule has 0 aromatic carbocycles. The highest BCUT2D eigenvalue weighted by Crippen LogP contribution is 2.68. The van der Waals surface area contributed by atoms with Crippen LogP contribution in [0.3, 0.4) is 0 Å². The molecule has 3 fully saturated rings. The molecule has 0 bridgehead atoms. The minimum atomic E-state index is -1.74. The van der Waals surface area contributed by atoms with Gasteiger partial charge in [-0.2, -0.15) is 0 Å². The molecule has 0 aromatic heterocycles. The highest BCUT2D eigenvalue weighted by Gasteiger charge is 2.69. The number of ketones is 1. The van der Waals surface area contributed by atoms with Crippen LogP contribution in [-0.2, 0) is 4.79 Å². The van der Waals surface area contributed by atoms with E-state index in [4.69, 9.17) is 0 Å². The number of hydrogen-bond donors (Lipinski definition) is 7. The smallest absolute Gasteiger partial charge is 0.159 e. The predicted octanol–water partition coefficient (Wildman–Crippen LogP) is 0.825. The third kappa shape index (κ3) is 3.95. The van der Waals surface area contributed by atoms with Gasteiger partial charge in [0.25, 0.3) is 0 Å². The van der Waals surface area contributed by atoms with Crippen LogP contribution in [0.5, 0.6) is 0 Å². The Balaban J connectivity index is 1.68. The molecule has 8 nitrogen and oxygen atoms in total. The molecule has 11 atom stereocenters. The van der Waals surface area contributed by atoms with Gasteiger partial charge in [0.15, 0.2) is 5.78 Å². The molecule has 0 amide bonds. The number of carbonyl (C=O) groups is 1. The number of allylic oxidation sites excluding steroid dienone is 1. The fourth-order valence-electron chi connectivity index (χ4n) is 8.53. The fraction of sp³-hybridized carbons (Fsp3) is 0.889. The number of aliphatic hydroxyl groups is 7. The number of fused-ring (bicyclic) bond motifs is 5. The van der Waals surface area contributed by atoms with Crippen LogP contribution in [0.4, 0.5) is 0 Å². The molecule has 3 saturated carbocycles. The van der Waals surface area contributed by atoms with Gasteiger partial charge in [0.05, 0.1) is 35.1 Å². The van der Waals surface area contributed by atoms with Crippen molar-refractivity contribution < 1.29 is 40.5 Å². The molecule has 0 radical (unpaired) electrons. The second kappa shape index (κ2) is 8.32. The summed E-state index contributed by atoms with van der Waals surface area (Å²) in [6.45, 7) is 8.40. The Morgan fingerprint density at radius 1 is 1.03 bits per heavy atom. The Morgan fingerprint density at radius 3 is 2.26 bits per heavy atom. The number of hydrogen-bond acceptors (Lipinski definition) is 8. The van der Waals surface area contributed by atoms with E-state index in [9.17, 15) is 40.5 Å². The molecule has 35 heavy (non-hydrogen) atoms. The zero-order valence-electron chi connectivity index (χ0n) is 21.6. The van der Waals surface area contributed by atoms with Gasteiger partial charge in [-0.3, -0.25) is 4.79 Å². The van der Waals surface area contributed by atoms with E-state index in [2.05, 4.69) is 0 Å². The van der Waals surface area contributed by atoms with Gasteiger partial charge in [-0.05, 0) is 88.2 Å². The van der Waals surface area contributed by atoms with Crippen LogP contribution in [0.2, 0.25) is 0 Å². The van der Waals surface area contributed by atoms with Crippen molar-refractivity contribution >= 4 is 5.78 Å². The number of rotatable bonds is 5. The minimum absolute atomic E-state index is 0.117. The standard InChI is InChI=1S/C27H44O8/c1-23(2,33)12-20(31)22(32)26(5,34)21-7-9-27(35)15-10-17(28)16-11-18(29)19(30)13-24(16,3)14(15)6-8-25(21,27)4/h10,14,16,18-22,29-35H,6-9,11-13H2,1-5H3/t14-,16-,18+,19-,20-,21-,22-,24+,25+,26+,27+/m0/s1. The van der Waals surface area contributed by atoms with Crippen LogP contribution in [0.1, 0.15) is 79.6 Å². The predicted molar refractivity (Wildman–Crippen MR) is 128 cm³/mol. The van der Waals surface area contributed by atoms with Gasteiger partial charge in [0.2, 0.25) is 0 Å². The second-order valence-electron chi connectivity index (χ2n) is 13.3. The number of aliphatic hydroxyl groups excluding tert-OH is 4. The van der Waals surface area contributed by atoms with Crippen LogP contribution >= 0.6 is 0 Å². The Morgan fingerprint density at radius 2 is 1.66 bits per heavy atom. The van der Waals surface area contributed by atoms with Crippen LogP contribution in [0.25, 0.3) is 0 Å². The third-order valence-corrected chi connectivity index (χ3v) is 10.5. The molecule has 0 aromatic rings. The van der Waals surface area contributed by atoms with Gasteiger partial charge in [-0.15, -0.1) is 0 Å². The molecule has 0 saturated heterocycles. The SMILES string of the molecule is CC(C)(O)C[C@H](O)[C@H](O)[C@](C)(O)[C@H]1CC[C@@]2(O)C3=CC(=O)[C@@H]4C[C@@H](O)[C@@H](O)C[C@]4(C)[C@H]3CC[C@]12C. The molecule has 0 heterocycles. The quantitative estimate of drug-likeness (QED) is 0.295. The first-order valence-corrected chi connectivity index (χ1v) is 13.0. The van der Waals surface area contributed by atoms with E-state index >= 15 is 0 Å². The van der Waals surface area contributed by atoms with Crippen molar-refractivity contribution in [2.24, 2.45) is 28.6 Å². The summed E-state index contributed by atoms with van der Waals surface area (Å²) in [5.74, 6) is -1.26. The summed E-state index contributed by atoms with van der Waals surface area (Å²) in [5.41, 5.74) is -5.15. The van der Waals surface area contributed by atoms with Gasteiger partial charge in [-0.1, -0.05) is 13.8 Å². The maximum atomic E-state index is 13.3. The number of carbonyl (C=O) groups excluding carboxylic acids is 1. The Kier molecular flexibility index (Phi) is 6.46. The van der Waals surface area contributed by atoms with E-state index in [0.29, 0.717) is 31.3 Å². The topological polar surface area (TPSA) is 159 Å².